The molecule has 0 fully saturated rings. The number of hydrogen-bond donors (Lipinski definition) is 2. The molecule has 0 saturated heterocycles. The summed E-state index contributed by atoms with van der Waals surface area (Å²) in [6.45, 7) is 8.88. The number of benzene rings is 1. The van der Waals surface area contributed by atoms with Gasteiger partial charge in [-0.1, -0.05) is 44.2 Å². The van der Waals surface area contributed by atoms with Crippen molar-refractivity contribution >= 4 is 17.3 Å². The molecule has 0 bridgehead atoms. The van der Waals surface area contributed by atoms with Gasteiger partial charge in [0, 0.05) is 50.9 Å². The van der Waals surface area contributed by atoms with Crippen LogP contribution in [0.3, 0.4) is 0 Å². The smallest absolute Gasteiger partial charge is 0.163 e. The fourth-order valence-electron chi connectivity index (χ4n) is 2.52. The van der Waals surface area contributed by atoms with Crippen molar-refractivity contribution in [1.82, 2.24) is 14.6 Å². The molecule has 0 aliphatic heterocycles. The SMILES string of the molecule is C[CH-]Nc1cc(NCc2ccccc2)n2ncc(C(C)C)c2n1.[Y]. The number of nitrogens with one attached hydrogen (secondary N) is 2. The number of fused-ring (bicyclic) bond motifs is 1. The van der Waals surface area contributed by atoms with E-state index in [9.17, 15) is 0 Å². The third-order valence-corrected chi connectivity index (χ3v) is 3.73. The van der Waals surface area contributed by atoms with Gasteiger partial charge in [0.25, 0.3) is 0 Å². The molecule has 0 amide bonds. The third kappa shape index (κ3) is 4.14. The van der Waals surface area contributed by atoms with Crippen LogP contribution < -0.4 is 10.6 Å². The van der Waals surface area contributed by atoms with Crippen molar-refractivity contribution in [2.24, 2.45) is 0 Å². The Hall–Kier alpha value is -1.46. The van der Waals surface area contributed by atoms with Gasteiger partial charge in [-0.3, -0.25) is 0 Å². The largest absolute Gasteiger partial charge is 0.520 e. The Morgan fingerprint density at radius 1 is 1.21 bits per heavy atom. The van der Waals surface area contributed by atoms with Crippen LogP contribution in [-0.4, -0.2) is 14.6 Å². The number of nitrogens with zero attached hydrogens (tertiary/aromatic N) is 3. The topological polar surface area (TPSA) is 54.2 Å². The zero-order chi connectivity index (χ0) is 16.2. The summed E-state index contributed by atoms with van der Waals surface area (Å²) in [4.78, 5) is 4.68. The average molecular weight is 397 g/mol. The second-order valence-corrected chi connectivity index (χ2v) is 5.79. The van der Waals surface area contributed by atoms with Gasteiger partial charge in [-0.15, -0.1) is 0 Å². The molecule has 6 heteroatoms. The zero-order valence-corrected chi connectivity index (χ0v) is 17.2. The summed E-state index contributed by atoms with van der Waals surface area (Å²) in [5.74, 6) is 2.12. The van der Waals surface area contributed by atoms with E-state index in [0.29, 0.717) is 5.92 Å². The maximum absolute atomic E-state index is 4.68. The molecule has 3 rings (SSSR count). The second kappa shape index (κ2) is 8.59. The van der Waals surface area contributed by atoms with Gasteiger partial charge in [0.1, 0.15) is 11.6 Å². The molecule has 3 aromatic rings. The summed E-state index contributed by atoms with van der Waals surface area (Å²) in [7, 11) is 0. The van der Waals surface area contributed by atoms with E-state index in [1.54, 1.807) is 0 Å². The van der Waals surface area contributed by atoms with E-state index in [2.05, 4.69) is 46.7 Å². The van der Waals surface area contributed by atoms with Crippen molar-refractivity contribution in [2.45, 2.75) is 33.2 Å². The van der Waals surface area contributed by atoms with Gasteiger partial charge in [-0.25, -0.2) is 11.5 Å². The molecule has 2 heterocycles. The zero-order valence-electron chi connectivity index (χ0n) is 14.3. The first-order valence-corrected chi connectivity index (χ1v) is 7.90. The Labute approximate surface area is 168 Å². The van der Waals surface area contributed by atoms with E-state index in [1.807, 2.05) is 48.4 Å². The molecule has 1 aromatic carbocycles. The Balaban J connectivity index is 0.00000208. The van der Waals surface area contributed by atoms with E-state index in [4.69, 9.17) is 0 Å². The summed E-state index contributed by atoms with van der Waals surface area (Å²) >= 11 is 0. The Morgan fingerprint density at radius 3 is 2.62 bits per heavy atom. The molecule has 2 aromatic heterocycles. The molecule has 0 unspecified atom stereocenters. The first-order valence-electron chi connectivity index (χ1n) is 7.90. The fraction of sp³-hybridized carbons (Fsp3) is 0.278. The van der Waals surface area contributed by atoms with Crippen LogP contribution >= 0.6 is 0 Å². The molecule has 0 atom stereocenters. The van der Waals surface area contributed by atoms with Gasteiger partial charge in [-0.2, -0.15) is 16.5 Å². The molecular weight excluding hydrogens is 375 g/mol. The number of aromatic nitrogens is 3. The first kappa shape index (κ1) is 18.9. The standard InChI is InChI=1S/C18H22N5.Y/c1-4-19-16-10-17(20-11-14-8-6-5-7-9-14)23-18(22-16)15(12-21-23)13(2)3;/h4-10,12-13,20H,11H2,1-3H3,(H,19,22);/q-1;. The van der Waals surface area contributed by atoms with E-state index < -0.39 is 0 Å². The molecule has 0 spiro atoms. The summed E-state index contributed by atoms with van der Waals surface area (Å²) in [6.07, 6.45) is 1.90. The molecule has 2 N–H and O–H groups in total. The minimum Gasteiger partial charge on any atom is -0.520 e. The summed E-state index contributed by atoms with van der Waals surface area (Å²) < 4.78 is 1.87. The molecule has 5 nitrogen and oxygen atoms in total. The van der Waals surface area contributed by atoms with E-state index in [1.165, 1.54) is 5.56 Å². The van der Waals surface area contributed by atoms with Crippen molar-refractivity contribution in [1.29, 1.82) is 0 Å². The molecule has 0 aliphatic rings. The average Bonchev–Trinajstić information content (AvgIpc) is 2.98. The van der Waals surface area contributed by atoms with E-state index >= 15 is 0 Å². The second-order valence-electron chi connectivity index (χ2n) is 5.79. The quantitative estimate of drug-likeness (QED) is 0.616. The summed E-state index contributed by atoms with van der Waals surface area (Å²) in [6, 6.07) is 12.3. The summed E-state index contributed by atoms with van der Waals surface area (Å²) in [5.41, 5.74) is 3.26. The Bertz CT molecular complexity index is 783. The van der Waals surface area contributed by atoms with Crippen LogP contribution in [0.2, 0.25) is 0 Å². The van der Waals surface area contributed by atoms with E-state index in [-0.39, 0.29) is 32.7 Å². The first-order chi connectivity index (χ1) is 11.2. The maximum atomic E-state index is 4.68. The van der Waals surface area contributed by atoms with Gasteiger partial charge in [0.15, 0.2) is 5.65 Å². The molecule has 123 valence electrons. The van der Waals surface area contributed by atoms with Crippen LogP contribution in [0.4, 0.5) is 11.6 Å². The Kier molecular flexibility index (Phi) is 6.75. The van der Waals surface area contributed by atoms with Crippen LogP contribution in [0.5, 0.6) is 0 Å². The molecular formula is C18H22N5Y-. The Morgan fingerprint density at radius 2 is 1.96 bits per heavy atom. The number of hydrogen-bond acceptors (Lipinski definition) is 4. The monoisotopic (exact) mass is 397 g/mol. The number of rotatable bonds is 6. The molecule has 24 heavy (non-hydrogen) atoms. The molecule has 1 radical (unpaired) electrons. The van der Waals surface area contributed by atoms with Crippen LogP contribution in [0.25, 0.3) is 5.65 Å². The molecule has 0 aliphatic carbocycles. The van der Waals surface area contributed by atoms with Crippen LogP contribution in [-0.2, 0) is 39.3 Å². The van der Waals surface area contributed by atoms with Crippen LogP contribution in [0.15, 0.2) is 42.6 Å². The van der Waals surface area contributed by atoms with Crippen LogP contribution in [0, 0.1) is 6.54 Å². The fourth-order valence-corrected chi connectivity index (χ4v) is 2.52. The number of anilines is 2. The van der Waals surface area contributed by atoms with Crippen molar-refractivity contribution in [3.8, 4) is 0 Å². The van der Waals surface area contributed by atoms with Gasteiger partial charge >= 0.3 is 0 Å². The third-order valence-electron chi connectivity index (χ3n) is 3.73. The summed E-state index contributed by atoms with van der Waals surface area (Å²) in [5, 5.41) is 11.1. The minimum absolute atomic E-state index is 0. The van der Waals surface area contributed by atoms with Crippen molar-refractivity contribution in [3.63, 3.8) is 0 Å². The van der Waals surface area contributed by atoms with Crippen molar-refractivity contribution in [2.75, 3.05) is 10.6 Å². The van der Waals surface area contributed by atoms with E-state index in [0.717, 1.165) is 29.4 Å². The maximum Gasteiger partial charge on any atom is 0.163 e. The normalized spacial score (nSPS) is 10.7. The van der Waals surface area contributed by atoms with Crippen LogP contribution in [0.1, 0.15) is 37.8 Å². The predicted molar refractivity (Wildman–Crippen MR) is 94.4 cm³/mol. The van der Waals surface area contributed by atoms with Crippen molar-refractivity contribution in [3.05, 3.63) is 60.3 Å². The van der Waals surface area contributed by atoms with Crippen molar-refractivity contribution < 1.29 is 32.7 Å². The predicted octanol–water partition coefficient (Wildman–Crippen LogP) is 4.06. The minimum atomic E-state index is 0. The van der Waals surface area contributed by atoms with Gasteiger partial charge in [0.2, 0.25) is 0 Å². The van der Waals surface area contributed by atoms with Gasteiger partial charge in [-0.05, 0) is 11.5 Å². The molecule has 0 saturated carbocycles. The van der Waals surface area contributed by atoms with Gasteiger partial charge in [0.05, 0.1) is 6.20 Å². The van der Waals surface area contributed by atoms with Gasteiger partial charge < -0.3 is 10.6 Å².